The third kappa shape index (κ3) is 2.70. The number of aromatic nitrogens is 5. The second-order valence-electron chi connectivity index (χ2n) is 8.76. The summed E-state index contributed by atoms with van der Waals surface area (Å²) >= 11 is 1.81. The highest BCUT2D eigenvalue weighted by Crippen LogP contribution is 2.43. The average molecular weight is 480 g/mol. The first-order valence-corrected chi connectivity index (χ1v) is 12.6. The molecule has 5 nitrogen and oxygen atoms in total. The molecule has 0 saturated carbocycles. The third-order valence-electron chi connectivity index (χ3n) is 6.79. The molecular weight excluding hydrogens is 462 g/mol. The van der Waals surface area contributed by atoms with E-state index in [1.54, 1.807) is 12.4 Å². The lowest BCUT2D eigenvalue weighted by Crippen LogP contribution is -2.01. The van der Waals surface area contributed by atoms with Crippen molar-refractivity contribution in [1.29, 1.82) is 0 Å². The quantitative estimate of drug-likeness (QED) is 0.257. The highest BCUT2D eigenvalue weighted by atomic mass is 32.1. The number of rotatable bonds is 2. The molecule has 36 heavy (non-hydrogen) atoms. The lowest BCUT2D eigenvalue weighted by molar-refractivity contribution is 0.995. The number of hydrogen-bond donors (Lipinski definition) is 0. The normalized spacial score (nSPS) is 11.9. The van der Waals surface area contributed by atoms with Crippen LogP contribution < -0.4 is 0 Å². The zero-order valence-electron chi connectivity index (χ0n) is 19.0. The van der Waals surface area contributed by atoms with Crippen LogP contribution in [0.1, 0.15) is 0 Å². The minimum Gasteiger partial charge on any atom is -0.276 e. The molecule has 0 fully saturated rings. The van der Waals surface area contributed by atoms with Gasteiger partial charge in [-0.3, -0.25) is 14.5 Å². The minimum atomic E-state index is 0.643. The van der Waals surface area contributed by atoms with Gasteiger partial charge in [-0.2, -0.15) is 0 Å². The molecule has 168 valence electrons. The fourth-order valence-electron chi connectivity index (χ4n) is 5.23. The van der Waals surface area contributed by atoms with E-state index >= 15 is 0 Å². The smallest absolute Gasteiger partial charge is 0.235 e. The molecule has 8 aromatic rings. The maximum atomic E-state index is 5.05. The first-order chi connectivity index (χ1) is 17.9. The van der Waals surface area contributed by atoms with Crippen LogP contribution in [0.4, 0.5) is 0 Å². The summed E-state index contributed by atoms with van der Waals surface area (Å²) in [5.41, 5.74) is 5.84. The summed E-state index contributed by atoms with van der Waals surface area (Å²) in [5.74, 6) is 0.643. The number of benzene rings is 4. The van der Waals surface area contributed by atoms with Crippen molar-refractivity contribution < 1.29 is 0 Å². The Balaban J connectivity index is 1.57. The van der Waals surface area contributed by atoms with E-state index in [2.05, 4.69) is 64.1 Å². The van der Waals surface area contributed by atoms with E-state index in [1.165, 1.54) is 20.2 Å². The number of hydrogen-bond acceptors (Lipinski definition) is 5. The van der Waals surface area contributed by atoms with Gasteiger partial charge in [0.15, 0.2) is 0 Å². The van der Waals surface area contributed by atoms with Crippen LogP contribution in [0.15, 0.2) is 104 Å². The molecule has 6 heteroatoms. The number of thiophene rings is 1. The summed E-state index contributed by atoms with van der Waals surface area (Å²) in [4.78, 5) is 19.1. The minimum absolute atomic E-state index is 0.643. The summed E-state index contributed by atoms with van der Waals surface area (Å²) in [6.07, 6.45) is 5.34. The van der Waals surface area contributed by atoms with Gasteiger partial charge in [0.05, 0.1) is 32.5 Å². The van der Waals surface area contributed by atoms with E-state index in [9.17, 15) is 0 Å². The molecule has 0 saturated heterocycles. The maximum Gasteiger partial charge on any atom is 0.235 e. The Morgan fingerprint density at radius 2 is 1.47 bits per heavy atom. The lowest BCUT2D eigenvalue weighted by atomic mass is 10.1. The molecular formula is C30H17N5S. The summed E-state index contributed by atoms with van der Waals surface area (Å²) in [7, 11) is 0. The van der Waals surface area contributed by atoms with Gasteiger partial charge in [0.2, 0.25) is 5.95 Å². The fraction of sp³-hybridized carbons (Fsp3) is 0. The molecule has 8 rings (SSSR count). The van der Waals surface area contributed by atoms with Crippen LogP contribution in [0, 0.1) is 0 Å². The maximum absolute atomic E-state index is 5.05. The van der Waals surface area contributed by atoms with Gasteiger partial charge in [-0.25, -0.2) is 9.97 Å². The Kier molecular flexibility index (Phi) is 4.03. The van der Waals surface area contributed by atoms with Crippen molar-refractivity contribution in [2.45, 2.75) is 0 Å². The molecule has 0 aliphatic rings. The second-order valence-corrected chi connectivity index (χ2v) is 9.82. The predicted octanol–water partition coefficient (Wildman–Crippen LogP) is 7.55. The predicted molar refractivity (Wildman–Crippen MR) is 148 cm³/mol. The fourth-order valence-corrected chi connectivity index (χ4v) is 6.47. The zero-order chi connectivity index (χ0) is 23.6. The summed E-state index contributed by atoms with van der Waals surface area (Å²) in [5, 5.41) is 4.70. The van der Waals surface area contributed by atoms with E-state index < -0.39 is 0 Å². The van der Waals surface area contributed by atoms with Crippen LogP contribution in [0.3, 0.4) is 0 Å². The first-order valence-electron chi connectivity index (χ1n) is 11.7. The highest BCUT2D eigenvalue weighted by molar-refractivity contribution is 7.26. The van der Waals surface area contributed by atoms with Crippen LogP contribution in [0.2, 0.25) is 0 Å². The Labute approximate surface area is 209 Å². The van der Waals surface area contributed by atoms with Crippen molar-refractivity contribution in [3.05, 3.63) is 104 Å². The third-order valence-corrected chi connectivity index (χ3v) is 7.98. The van der Waals surface area contributed by atoms with Gasteiger partial charge in [-0.15, -0.1) is 11.3 Å². The van der Waals surface area contributed by atoms with Gasteiger partial charge in [-0.05, 0) is 24.3 Å². The van der Waals surface area contributed by atoms with Crippen molar-refractivity contribution in [3.63, 3.8) is 0 Å². The zero-order valence-corrected chi connectivity index (χ0v) is 19.8. The summed E-state index contributed by atoms with van der Waals surface area (Å²) in [6, 6.07) is 29.4. The van der Waals surface area contributed by atoms with Gasteiger partial charge in [-0.1, -0.05) is 60.7 Å². The Bertz CT molecular complexity index is 2110. The standard InChI is InChI=1S/C30H17N5S/c1-2-6-18(7-3-1)22-14-15-33-30(34-22)35-24-13-12-23-27(32-17-16-31-23)26(24)21-11-10-20-19-8-4-5-9-25(19)36-29(20)28(21)35/h1-17H. The van der Waals surface area contributed by atoms with E-state index in [0.29, 0.717) is 5.95 Å². The van der Waals surface area contributed by atoms with Crippen LogP contribution >= 0.6 is 11.3 Å². The van der Waals surface area contributed by atoms with E-state index in [-0.39, 0.29) is 0 Å². The molecule has 0 aliphatic heterocycles. The van der Waals surface area contributed by atoms with E-state index in [4.69, 9.17) is 15.0 Å². The largest absolute Gasteiger partial charge is 0.276 e. The molecule has 4 aromatic carbocycles. The van der Waals surface area contributed by atoms with E-state index in [1.807, 2.05) is 47.9 Å². The average Bonchev–Trinajstić information content (AvgIpc) is 3.50. The van der Waals surface area contributed by atoms with Crippen molar-refractivity contribution in [1.82, 2.24) is 24.5 Å². The monoisotopic (exact) mass is 479 g/mol. The molecule has 4 aromatic heterocycles. The Morgan fingerprint density at radius 3 is 2.42 bits per heavy atom. The Morgan fingerprint density at radius 1 is 0.639 bits per heavy atom. The molecule has 0 spiro atoms. The lowest BCUT2D eigenvalue weighted by Gasteiger charge is -2.08. The molecule has 4 heterocycles. The van der Waals surface area contributed by atoms with Gasteiger partial charge >= 0.3 is 0 Å². The second kappa shape index (κ2) is 7.41. The topological polar surface area (TPSA) is 56.5 Å². The van der Waals surface area contributed by atoms with Crippen LogP contribution in [-0.2, 0) is 0 Å². The van der Waals surface area contributed by atoms with Crippen molar-refractivity contribution in [2.24, 2.45) is 0 Å². The van der Waals surface area contributed by atoms with Crippen LogP contribution in [-0.4, -0.2) is 24.5 Å². The van der Waals surface area contributed by atoms with Gasteiger partial charge in [0.1, 0.15) is 0 Å². The Hall–Kier alpha value is -4.68. The molecule has 0 atom stereocenters. The summed E-state index contributed by atoms with van der Waals surface area (Å²) in [6.45, 7) is 0. The van der Waals surface area contributed by atoms with Crippen LogP contribution in [0.25, 0.3) is 70.2 Å². The SMILES string of the molecule is c1ccc(-c2ccnc(-n3c4ccc5nccnc5c4c4ccc5c6ccccc6sc5c43)n2)cc1. The number of fused-ring (bicyclic) bond motifs is 9. The molecule has 0 aliphatic carbocycles. The van der Waals surface area contributed by atoms with Crippen molar-refractivity contribution in [2.75, 3.05) is 0 Å². The molecule has 0 unspecified atom stereocenters. The molecule has 0 radical (unpaired) electrons. The van der Waals surface area contributed by atoms with Crippen LogP contribution in [0.5, 0.6) is 0 Å². The first kappa shape index (κ1) is 19.6. The highest BCUT2D eigenvalue weighted by Gasteiger charge is 2.21. The van der Waals surface area contributed by atoms with Gasteiger partial charge < -0.3 is 0 Å². The van der Waals surface area contributed by atoms with Gasteiger partial charge in [0.25, 0.3) is 0 Å². The molecule has 0 N–H and O–H groups in total. The van der Waals surface area contributed by atoms with E-state index in [0.717, 1.165) is 44.1 Å². The van der Waals surface area contributed by atoms with Crippen molar-refractivity contribution in [3.8, 4) is 17.2 Å². The van der Waals surface area contributed by atoms with Crippen molar-refractivity contribution >= 4 is 64.3 Å². The molecule has 0 bridgehead atoms. The number of nitrogens with zero attached hydrogens (tertiary/aromatic N) is 5. The molecule has 0 amide bonds. The summed E-state index contributed by atoms with van der Waals surface area (Å²) < 4.78 is 4.68. The van der Waals surface area contributed by atoms with Gasteiger partial charge in [0, 0.05) is 50.4 Å².